The molecule has 1 unspecified atom stereocenters. The Morgan fingerprint density at radius 1 is 0.591 bits per heavy atom. The van der Waals surface area contributed by atoms with Crippen LogP contribution in [-0.2, 0) is 5.60 Å². The summed E-state index contributed by atoms with van der Waals surface area (Å²) >= 11 is 0. The highest BCUT2D eigenvalue weighted by Gasteiger charge is 2.40. The third-order valence-corrected chi connectivity index (χ3v) is 3.94. The predicted molar refractivity (Wildman–Crippen MR) is 87.3 cm³/mol. The first-order chi connectivity index (χ1) is 10.7. The third-order valence-electron chi connectivity index (χ3n) is 3.94. The molecule has 0 aliphatic carbocycles. The Labute approximate surface area is 130 Å². The van der Waals surface area contributed by atoms with Crippen molar-refractivity contribution in [2.45, 2.75) is 11.7 Å². The van der Waals surface area contributed by atoms with Crippen molar-refractivity contribution in [1.82, 2.24) is 0 Å². The van der Waals surface area contributed by atoms with E-state index in [0.717, 1.165) is 0 Å². The Balaban J connectivity index is 2.16. The van der Waals surface area contributed by atoms with E-state index in [4.69, 9.17) is 0 Å². The fourth-order valence-electron chi connectivity index (χ4n) is 2.74. The van der Waals surface area contributed by atoms with Crippen LogP contribution in [0.3, 0.4) is 0 Å². The molecular weight excluding hydrogens is 272 g/mol. The number of benzene rings is 3. The van der Waals surface area contributed by atoms with Gasteiger partial charge < -0.3 is 10.2 Å². The number of hydrogen-bond donors (Lipinski definition) is 2. The maximum atomic E-state index is 11.4. The zero-order valence-electron chi connectivity index (χ0n) is 12.1. The second-order valence-electron chi connectivity index (χ2n) is 5.31. The Morgan fingerprint density at radius 2 is 0.955 bits per heavy atom. The average Bonchev–Trinajstić information content (AvgIpc) is 2.62. The first-order valence-corrected chi connectivity index (χ1v) is 7.29. The van der Waals surface area contributed by atoms with Crippen LogP contribution in [0.15, 0.2) is 91.0 Å². The zero-order chi connectivity index (χ0) is 15.4. The molecule has 0 aliphatic rings. The van der Waals surface area contributed by atoms with Crippen LogP contribution in [0, 0.1) is 0 Å². The van der Waals surface area contributed by atoms with Crippen LogP contribution < -0.4 is 0 Å². The third kappa shape index (κ3) is 2.54. The van der Waals surface area contributed by atoms with E-state index in [0.29, 0.717) is 16.7 Å². The molecule has 0 saturated carbocycles. The highest BCUT2D eigenvalue weighted by Crippen LogP contribution is 2.40. The van der Waals surface area contributed by atoms with Gasteiger partial charge >= 0.3 is 0 Å². The van der Waals surface area contributed by atoms with Gasteiger partial charge in [0.1, 0.15) is 11.7 Å². The topological polar surface area (TPSA) is 40.5 Å². The first-order valence-electron chi connectivity index (χ1n) is 7.29. The van der Waals surface area contributed by atoms with E-state index in [9.17, 15) is 10.2 Å². The molecule has 2 nitrogen and oxygen atoms in total. The fraction of sp³-hybridized carbons (Fsp3) is 0.100. The maximum absolute atomic E-state index is 11.4. The summed E-state index contributed by atoms with van der Waals surface area (Å²) in [5.74, 6) is 0. The molecule has 0 heterocycles. The summed E-state index contributed by atoms with van der Waals surface area (Å²) in [5, 5.41) is 22.3. The first kappa shape index (κ1) is 14.5. The molecule has 3 aromatic rings. The molecule has 3 rings (SSSR count). The summed E-state index contributed by atoms with van der Waals surface area (Å²) in [5.41, 5.74) is 0.511. The van der Waals surface area contributed by atoms with Gasteiger partial charge in [-0.15, -0.1) is 0 Å². The molecule has 2 heteroatoms. The summed E-state index contributed by atoms with van der Waals surface area (Å²) in [6, 6.07) is 27.8. The van der Waals surface area contributed by atoms with Gasteiger partial charge in [-0.3, -0.25) is 0 Å². The average molecular weight is 290 g/mol. The highest BCUT2D eigenvalue weighted by atomic mass is 16.3. The molecule has 0 fully saturated rings. The molecule has 0 aromatic heterocycles. The Kier molecular flexibility index (Phi) is 4.05. The summed E-state index contributed by atoms with van der Waals surface area (Å²) < 4.78 is 0. The fourth-order valence-corrected chi connectivity index (χ4v) is 2.74. The highest BCUT2D eigenvalue weighted by molar-refractivity contribution is 5.40. The van der Waals surface area contributed by atoms with Crippen LogP contribution in [0.2, 0.25) is 0 Å². The Bertz CT molecular complexity index is 669. The standard InChI is InChI=1S/C20H18O2/c21-19(16-10-4-1-5-11-16)20(22,17-12-6-2-7-13-17)18-14-8-3-9-15-18/h1-15,19,21-22H. The summed E-state index contributed by atoms with van der Waals surface area (Å²) in [4.78, 5) is 0. The van der Waals surface area contributed by atoms with Crippen molar-refractivity contribution < 1.29 is 10.2 Å². The molecule has 22 heavy (non-hydrogen) atoms. The lowest BCUT2D eigenvalue weighted by atomic mass is 9.79. The van der Waals surface area contributed by atoms with Gasteiger partial charge in [-0.1, -0.05) is 91.0 Å². The van der Waals surface area contributed by atoms with Gasteiger partial charge in [-0.2, -0.15) is 0 Å². The molecule has 1 atom stereocenters. The number of hydrogen-bond acceptors (Lipinski definition) is 2. The minimum Gasteiger partial charge on any atom is -0.385 e. The van der Waals surface area contributed by atoms with Crippen molar-refractivity contribution in [3.63, 3.8) is 0 Å². The van der Waals surface area contributed by atoms with Crippen molar-refractivity contribution in [1.29, 1.82) is 0 Å². The minimum absolute atomic E-state index is 0.664. The van der Waals surface area contributed by atoms with Gasteiger partial charge in [0.15, 0.2) is 0 Å². The van der Waals surface area contributed by atoms with Crippen molar-refractivity contribution in [2.75, 3.05) is 0 Å². The van der Waals surface area contributed by atoms with Crippen LogP contribution in [0.4, 0.5) is 0 Å². The van der Waals surface area contributed by atoms with Crippen LogP contribution in [-0.4, -0.2) is 10.2 Å². The summed E-state index contributed by atoms with van der Waals surface area (Å²) in [7, 11) is 0. The maximum Gasteiger partial charge on any atom is 0.145 e. The van der Waals surface area contributed by atoms with Gasteiger partial charge in [-0.25, -0.2) is 0 Å². The Hall–Kier alpha value is -2.42. The molecular formula is C20H18O2. The van der Waals surface area contributed by atoms with Gasteiger partial charge in [0, 0.05) is 0 Å². The molecule has 0 bridgehead atoms. The van der Waals surface area contributed by atoms with E-state index in [1.165, 1.54) is 0 Å². The van der Waals surface area contributed by atoms with Crippen molar-refractivity contribution >= 4 is 0 Å². The number of rotatable bonds is 4. The van der Waals surface area contributed by atoms with E-state index < -0.39 is 11.7 Å². The van der Waals surface area contributed by atoms with E-state index >= 15 is 0 Å². The van der Waals surface area contributed by atoms with Gasteiger partial charge in [0.2, 0.25) is 0 Å². The van der Waals surface area contributed by atoms with Gasteiger partial charge in [0.25, 0.3) is 0 Å². The molecule has 0 radical (unpaired) electrons. The predicted octanol–water partition coefficient (Wildman–Crippen LogP) is 3.66. The molecule has 110 valence electrons. The molecule has 2 N–H and O–H groups in total. The SMILES string of the molecule is OC(c1ccccc1)C(O)(c1ccccc1)c1ccccc1. The molecule has 0 aliphatic heterocycles. The minimum atomic E-state index is -1.50. The number of aliphatic hydroxyl groups excluding tert-OH is 1. The van der Waals surface area contributed by atoms with E-state index in [2.05, 4.69) is 0 Å². The second-order valence-corrected chi connectivity index (χ2v) is 5.31. The van der Waals surface area contributed by atoms with Crippen molar-refractivity contribution in [3.8, 4) is 0 Å². The van der Waals surface area contributed by atoms with E-state index in [1.54, 1.807) is 0 Å². The number of aliphatic hydroxyl groups is 2. The van der Waals surface area contributed by atoms with Crippen molar-refractivity contribution in [3.05, 3.63) is 108 Å². The van der Waals surface area contributed by atoms with Crippen LogP contribution in [0.5, 0.6) is 0 Å². The largest absolute Gasteiger partial charge is 0.385 e. The van der Waals surface area contributed by atoms with Gasteiger partial charge in [0.05, 0.1) is 0 Å². The molecule has 0 amide bonds. The van der Waals surface area contributed by atoms with E-state index in [-0.39, 0.29) is 0 Å². The van der Waals surface area contributed by atoms with Crippen LogP contribution in [0.1, 0.15) is 22.8 Å². The van der Waals surface area contributed by atoms with Crippen molar-refractivity contribution in [2.24, 2.45) is 0 Å². The van der Waals surface area contributed by atoms with E-state index in [1.807, 2.05) is 91.0 Å². The summed E-state index contributed by atoms with van der Waals surface area (Å²) in [6.07, 6.45) is -1.06. The quantitative estimate of drug-likeness (QED) is 0.770. The van der Waals surface area contributed by atoms with Crippen LogP contribution in [0.25, 0.3) is 0 Å². The monoisotopic (exact) mass is 290 g/mol. The normalized spacial score (nSPS) is 12.8. The molecule has 0 spiro atoms. The zero-order valence-corrected chi connectivity index (χ0v) is 12.1. The second kappa shape index (κ2) is 6.14. The summed E-state index contributed by atoms with van der Waals surface area (Å²) in [6.45, 7) is 0. The van der Waals surface area contributed by atoms with Crippen LogP contribution >= 0.6 is 0 Å². The molecule has 3 aromatic carbocycles. The van der Waals surface area contributed by atoms with Gasteiger partial charge in [-0.05, 0) is 16.7 Å². The lowest BCUT2D eigenvalue weighted by Gasteiger charge is -2.34. The lowest BCUT2D eigenvalue weighted by Crippen LogP contribution is -2.35. The molecule has 0 saturated heterocycles. The smallest absolute Gasteiger partial charge is 0.145 e. The lowest BCUT2D eigenvalue weighted by molar-refractivity contribution is -0.0517. The Morgan fingerprint density at radius 3 is 1.36 bits per heavy atom.